The number of nitrogens with one attached hydrogen (secondary N) is 2. The molecular weight excluding hydrogens is 294 g/mol. The summed E-state index contributed by atoms with van der Waals surface area (Å²) >= 11 is 0. The Hall–Kier alpha value is -2.34. The van der Waals surface area contributed by atoms with Crippen LogP contribution in [0, 0.1) is 0 Å². The molecule has 6 nitrogen and oxygen atoms in total. The highest BCUT2D eigenvalue weighted by atomic mass is 16.3. The number of H-pyrrole nitrogens is 1. The normalized spacial score (nSPS) is 16.4. The number of furan rings is 1. The highest BCUT2D eigenvalue weighted by Gasteiger charge is 2.26. The summed E-state index contributed by atoms with van der Waals surface area (Å²) in [5.74, 6) is 0.585. The average molecular weight is 315 g/mol. The zero-order valence-electron chi connectivity index (χ0n) is 13.2. The number of likely N-dealkylation sites (tertiary alicyclic amines) is 1. The fourth-order valence-corrected chi connectivity index (χ4v) is 2.96. The third-order valence-electron chi connectivity index (χ3n) is 4.24. The third-order valence-corrected chi connectivity index (χ3v) is 4.24. The number of ketones is 1. The summed E-state index contributed by atoms with van der Waals surface area (Å²) in [7, 11) is 0. The average Bonchev–Trinajstić information content (AvgIpc) is 3.29. The van der Waals surface area contributed by atoms with Crippen molar-refractivity contribution in [3.05, 3.63) is 47.7 Å². The van der Waals surface area contributed by atoms with Gasteiger partial charge in [-0.05, 0) is 51.1 Å². The van der Waals surface area contributed by atoms with Crippen LogP contribution >= 0.6 is 0 Å². The van der Waals surface area contributed by atoms with Crippen LogP contribution in [0.3, 0.4) is 0 Å². The Morgan fingerprint density at radius 3 is 2.78 bits per heavy atom. The summed E-state index contributed by atoms with van der Waals surface area (Å²) in [5, 5.41) is 2.93. The van der Waals surface area contributed by atoms with E-state index in [-0.39, 0.29) is 17.7 Å². The second-order valence-corrected chi connectivity index (χ2v) is 5.84. The second kappa shape index (κ2) is 6.83. The van der Waals surface area contributed by atoms with Gasteiger partial charge in [-0.2, -0.15) is 0 Å². The SMILES string of the molecule is CC(=O)c1c[nH]c(C(=O)NC[C@@H](c2ccco2)N2CCCC2)c1. The van der Waals surface area contributed by atoms with Crippen molar-refractivity contribution in [1.29, 1.82) is 0 Å². The van der Waals surface area contributed by atoms with Crippen molar-refractivity contribution in [3.8, 4) is 0 Å². The van der Waals surface area contributed by atoms with Crippen molar-refractivity contribution >= 4 is 11.7 Å². The van der Waals surface area contributed by atoms with Gasteiger partial charge in [-0.1, -0.05) is 0 Å². The molecule has 1 atom stereocenters. The van der Waals surface area contributed by atoms with Crippen LogP contribution in [-0.4, -0.2) is 41.2 Å². The van der Waals surface area contributed by atoms with Gasteiger partial charge in [-0.25, -0.2) is 0 Å². The first-order valence-electron chi connectivity index (χ1n) is 7.90. The predicted octanol–water partition coefficient (Wildman–Crippen LogP) is 2.38. The fraction of sp³-hybridized carbons (Fsp3) is 0.412. The molecule has 0 spiro atoms. The van der Waals surface area contributed by atoms with E-state index in [1.54, 1.807) is 18.5 Å². The smallest absolute Gasteiger partial charge is 0.267 e. The molecule has 0 unspecified atom stereocenters. The summed E-state index contributed by atoms with van der Waals surface area (Å²) in [6.07, 6.45) is 5.56. The van der Waals surface area contributed by atoms with Crippen LogP contribution < -0.4 is 5.32 Å². The number of amides is 1. The lowest BCUT2D eigenvalue weighted by molar-refractivity contribution is 0.0929. The van der Waals surface area contributed by atoms with Crippen LogP contribution in [-0.2, 0) is 0 Å². The highest BCUT2D eigenvalue weighted by molar-refractivity contribution is 5.99. The zero-order valence-corrected chi connectivity index (χ0v) is 13.2. The molecule has 23 heavy (non-hydrogen) atoms. The topological polar surface area (TPSA) is 78.3 Å². The lowest BCUT2D eigenvalue weighted by Gasteiger charge is -2.25. The number of nitrogens with zero attached hydrogens (tertiary/aromatic N) is 1. The van der Waals surface area contributed by atoms with Crippen LogP contribution in [0.15, 0.2) is 35.1 Å². The number of carbonyl (C=O) groups is 2. The van der Waals surface area contributed by atoms with Crippen LogP contribution in [0.1, 0.15) is 52.4 Å². The summed E-state index contributed by atoms with van der Waals surface area (Å²) in [4.78, 5) is 28.7. The quantitative estimate of drug-likeness (QED) is 0.802. The first kappa shape index (κ1) is 15.6. The lowest BCUT2D eigenvalue weighted by Crippen LogP contribution is -2.36. The molecule has 0 aromatic carbocycles. The first-order valence-corrected chi connectivity index (χ1v) is 7.90. The second-order valence-electron chi connectivity index (χ2n) is 5.84. The van der Waals surface area contributed by atoms with Crippen LogP contribution in [0.5, 0.6) is 0 Å². The molecule has 0 bridgehead atoms. The van der Waals surface area contributed by atoms with Gasteiger partial charge in [0, 0.05) is 18.3 Å². The van der Waals surface area contributed by atoms with E-state index in [0.29, 0.717) is 17.8 Å². The molecule has 2 aromatic rings. The van der Waals surface area contributed by atoms with Crippen LogP contribution in [0.25, 0.3) is 0 Å². The van der Waals surface area contributed by atoms with E-state index in [4.69, 9.17) is 4.42 Å². The van der Waals surface area contributed by atoms with Crippen LogP contribution in [0.4, 0.5) is 0 Å². The molecule has 1 aliphatic rings. The molecule has 1 saturated heterocycles. The minimum absolute atomic E-state index is 0.0405. The Bertz CT molecular complexity index is 669. The van der Waals surface area contributed by atoms with Gasteiger partial charge >= 0.3 is 0 Å². The Morgan fingerprint density at radius 2 is 2.17 bits per heavy atom. The van der Waals surface area contributed by atoms with E-state index in [1.165, 1.54) is 19.8 Å². The number of carbonyl (C=O) groups excluding carboxylic acids is 2. The number of hydrogen-bond donors (Lipinski definition) is 2. The molecular formula is C17H21N3O3. The fourth-order valence-electron chi connectivity index (χ4n) is 2.96. The molecule has 0 radical (unpaired) electrons. The number of hydrogen-bond acceptors (Lipinski definition) is 4. The minimum atomic E-state index is -0.215. The third kappa shape index (κ3) is 3.53. The molecule has 1 aliphatic heterocycles. The first-order chi connectivity index (χ1) is 11.1. The van der Waals surface area contributed by atoms with Crippen molar-refractivity contribution in [3.63, 3.8) is 0 Å². The van der Waals surface area contributed by atoms with Gasteiger partial charge in [0.15, 0.2) is 5.78 Å². The van der Waals surface area contributed by atoms with Gasteiger partial charge in [0.2, 0.25) is 0 Å². The molecule has 0 saturated carbocycles. The van der Waals surface area contributed by atoms with Crippen molar-refractivity contribution in [2.24, 2.45) is 0 Å². The minimum Gasteiger partial charge on any atom is -0.468 e. The van der Waals surface area contributed by atoms with E-state index in [9.17, 15) is 9.59 Å². The molecule has 1 amide bonds. The highest BCUT2D eigenvalue weighted by Crippen LogP contribution is 2.24. The van der Waals surface area contributed by atoms with E-state index in [1.807, 2.05) is 12.1 Å². The van der Waals surface area contributed by atoms with Crippen molar-refractivity contribution in [1.82, 2.24) is 15.2 Å². The molecule has 122 valence electrons. The van der Waals surface area contributed by atoms with E-state index >= 15 is 0 Å². The molecule has 2 aromatic heterocycles. The van der Waals surface area contributed by atoms with E-state index in [0.717, 1.165) is 18.8 Å². The van der Waals surface area contributed by atoms with Gasteiger partial charge in [0.1, 0.15) is 11.5 Å². The predicted molar refractivity (Wildman–Crippen MR) is 85.4 cm³/mol. The Balaban J connectivity index is 1.65. The maximum absolute atomic E-state index is 12.3. The maximum Gasteiger partial charge on any atom is 0.267 e. The zero-order chi connectivity index (χ0) is 16.2. The summed E-state index contributed by atoms with van der Waals surface area (Å²) in [5.41, 5.74) is 0.909. The molecule has 2 N–H and O–H groups in total. The summed E-state index contributed by atoms with van der Waals surface area (Å²) < 4.78 is 5.54. The van der Waals surface area contributed by atoms with Crippen molar-refractivity contribution in [2.75, 3.05) is 19.6 Å². The summed E-state index contributed by atoms with van der Waals surface area (Å²) in [6.45, 7) is 3.97. The maximum atomic E-state index is 12.3. The monoisotopic (exact) mass is 315 g/mol. The number of Topliss-reactive ketones (excluding diaryl/α,β-unsaturated/α-hetero) is 1. The van der Waals surface area contributed by atoms with Gasteiger partial charge < -0.3 is 14.7 Å². The standard InChI is InChI=1S/C17H21N3O3/c1-12(21)13-9-14(18-10-13)17(22)19-11-15(16-5-4-8-23-16)20-6-2-3-7-20/h4-5,8-10,15,18H,2-3,6-7,11H2,1H3,(H,19,22)/t15-/m0/s1. The van der Waals surface area contributed by atoms with Gasteiger partial charge in [0.25, 0.3) is 5.91 Å². The Morgan fingerprint density at radius 1 is 1.39 bits per heavy atom. The number of aromatic amines is 1. The number of aromatic nitrogens is 1. The lowest BCUT2D eigenvalue weighted by atomic mass is 10.2. The molecule has 1 fully saturated rings. The van der Waals surface area contributed by atoms with Gasteiger partial charge in [-0.3, -0.25) is 14.5 Å². The van der Waals surface area contributed by atoms with E-state index in [2.05, 4.69) is 15.2 Å². The molecule has 6 heteroatoms. The molecule has 3 rings (SSSR count). The van der Waals surface area contributed by atoms with Gasteiger partial charge in [0.05, 0.1) is 12.3 Å². The Kier molecular flexibility index (Phi) is 4.62. The Labute approximate surface area is 134 Å². The van der Waals surface area contributed by atoms with E-state index < -0.39 is 0 Å². The van der Waals surface area contributed by atoms with Crippen molar-refractivity contribution < 1.29 is 14.0 Å². The largest absolute Gasteiger partial charge is 0.468 e. The number of rotatable bonds is 6. The summed E-state index contributed by atoms with van der Waals surface area (Å²) in [6, 6.07) is 5.43. The van der Waals surface area contributed by atoms with Crippen LogP contribution in [0.2, 0.25) is 0 Å². The molecule has 0 aliphatic carbocycles. The van der Waals surface area contributed by atoms with Gasteiger partial charge in [-0.15, -0.1) is 0 Å². The molecule has 3 heterocycles. The van der Waals surface area contributed by atoms with Crippen molar-refractivity contribution in [2.45, 2.75) is 25.8 Å².